The Morgan fingerprint density at radius 1 is 1.50 bits per heavy atom. The first-order chi connectivity index (χ1) is 5.72. The number of likely N-dealkylation sites (tertiary alicyclic amines) is 1. The van der Waals surface area contributed by atoms with Crippen LogP contribution in [0.25, 0.3) is 0 Å². The van der Waals surface area contributed by atoms with E-state index in [0.717, 1.165) is 19.6 Å². The average Bonchev–Trinajstić information content (AvgIpc) is 2.29. The monoisotopic (exact) mass is 167 g/mol. The van der Waals surface area contributed by atoms with Gasteiger partial charge in [0, 0.05) is 12.6 Å². The third-order valence-electron chi connectivity index (χ3n) is 3.10. The summed E-state index contributed by atoms with van der Waals surface area (Å²) in [7, 11) is 2.18. The molecule has 0 amide bonds. The number of hydrogen-bond acceptors (Lipinski definition) is 2. The Bertz CT molecular complexity index is 190. The number of rotatable bonds is 0. The van der Waals surface area contributed by atoms with Crippen LogP contribution in [0.3, 0.4) is 0 Å². The van der Waals surface area contributed by atoms with Crippen molar-refractivity contribution in [3.8, 4) is 0 Å². The number of nitrogens with zero attached hydrogens (tertiary/aromatic N) is 1. The fraction of sp³-hybridized carbons (Fsp3) is 0.800. The molecule has 2 aliphatic heterocycles. The second kappa shape index (κ2) is 2.86. The SMILES string of the molecule is CC1CC2(CC=CCO2)CN1C. The van der Waals surface area contributed by atoms with Crippen molar-refractivity contribution in [1.29, 1.82) is 0 Å². The Hall–Kier alpha value is -0.340. The van der Waals surface area contributed by atoms with Crippen LogP contribution in [0.1, 0.15) is 19.8 Å². The van der Waals surface area contributed by atoms with Crippen LogP contribution in [0, 0.1) is 0 Å². The van der Waals surface area contributed by atoms with Crippen molar-refractivity contribution in [1.82, 2.24) is 4.90 Å². The summed E-state index contributed by atoms with van der Waals surface area (Å²) in [4.78, 5) is 2.39. The Morgan fingerprint density at radius 2 is 2.33 bits per heavy atom. The molecule has 2 atom stereocenters. The van der Waals surface area contributed by atoms with Crippen molar-refractivity contribution in [2.24, 2.45) is 0 Å². The van der Waals surface area contributed by atoms with Crippen LogP contribution in [-0.2, 0) is 4.74 Å². The molecule has 1 saturated heterocycles. The van der Waals surface area contributed by atoms with E-state index in [0.29, 0.717) is 6.04 Å². The molecule has 68 valence electrons. The first-order valence-electron chi connectivity index (χ1n) is 4.71. The lowest BCUT2D eigenvalue weighted by molar-refractivity contribution is -0.0265. The highest BCUT2D eigenvalue weighted by atomic mass is 16.5. The second-order valence-corrected chi connectivity index (χ2v) is 4.14. The van der Waals surface area contributed by atoms with E-state index in [4.69, 9.17) is 4.74 Å². The van der Waals surface area contributed by atoms with Crippen LogP contribution < -0.4 is 0 Å². The van der Waals surface area contributed by atoms with E-state index in [1.165, 1.54) is 6.42 Å². The zero-order valence-electron chi connectivity index (χ0n) is 7.92. The second-order valence-electron chi connectivity index (χ2n) is 4.14. The normalized spacial score (nSPS) is 42.7. The minimum absolute atomic E-state index is 0.156. The van der Waals surface area contributed by atoms with Gasteiger partial charge in [-0.3, -0.25) is 0 Å². The lowest BCUT2D eigenvalue weighted by Crippen LogP contribution is -2.36. The van der Waals surface area contributed by atoms with E-state index in [1.54, 1.807) is 0 Å². The van der Waals surface area contributed by atoms with Gasteiger partial charge in [-0.2, -0.15) is 0 Å². The molecule has 1 spiro atoms. The largest absolute Gasteiger partial charge is 0.369 e. The van der Waals surface area contributed by atoms with E-state index in [-0.39, 0.29) is 5.60 Å². The van der Waals surface area contributed by atoms with E-state index < -0.39 is 0 Å². The average molecular weight is 167 g/mol. The summed E-state index contributed by atoms with van der Waals surface area (Å²) >= 11 is 0. The van der Waals surface area contributed by atoms with E-state index in [2.05, 4.69) is 31.0 Å². The molecular formula is C10H17NO. The first kappa shape index (κ1) is 8.27. The molecule has 2 heterocycles. The molecule has 0 radical (unpaired) electrons. The molecule has 2 nitrogen and oxygen atoms in total. The Labute approximate surface area is 74.2 Å². The fourth-order valence-corrected chi connectivity index (χ4v) is 2.27. The van der Waals surface area contributed by atoms with Crippen LogP contribution >= 0.6 is 0 Å². The van der Waals surface area contributed by atoms with Gasteiger partial charge < -0.3 is 9.64 Å². The highest BCUT2D eigenvalue weighted by Crippen LogP contribution is 2.34. The minimum Gasteiger partial charge on any atom is -0.369 e. The van der Waals surface area contributed by atoms with Gasteiger partial charge in [-0.15, -0.1) is 0 Å². The van der Waals surface area contributed by atoms with E-state index in [9.17, 15) is 0 Å². The maximum atomic E-state index is 5.84. The minimum atomic E-state index is 0.156. The highest BCUT2D eigenvalue weighted by molar-refractivity contribution is 5.04. The molecule has 0 bridgehead atoms. The van der Waals surface area contributed by atoms with Gasteiger partial charge >= 0.3 is 0 Å². The van der Waals surface area contributed by atoms with Gasteiger partial charge in [0.1, 0.15) is 0 Å². The summed E-state index contributed by atoms with van der Waals surface area (Å²) in [5, 5.41) is 0. The van der Waals surface area contributed by atoms with Crippen molar-refractivity contribution >= 4 is 0 Å². The zero-order valence-corrected chi connectivity index (χ0v) is 7.92. The molecule has 1 fully saturated rings. The van der Waals surface area contributed by atoms with Crippen molar-refractivity contribution in [2.75, 3.05) is 20.2 Å². The molecule has 2 aliphatic rings. The number of likely N-dealkylation sites (N-methyl/N-ethyl adjacent to an activating group) is 1. The van der Waals surface area contributed by atoms with Gasteiger partial charge in [0.25, 0.3) is 0 Å². The molecule has 0 aromatic heterocycles. The van der Waals surface area contributed by atoms with Crippen LogP contribution in [0.4, 0.5) is 0 Å². The van der Waals surface area contributed by atoms with Crippen molar-refractivity contribution < 1.29 is 4.74 Å². The van der Waals surface area contributed by atoms with Crippen LogP contribution in [0.2, 0.25) is 0 Å². The highest BCUT2D eigenvalue weighted by Gasteiger charge is 2.41. The van der Waals surface area contributed by atoms with Gasteiger partial charge in [-0.1, -0.05) is 12.2 Å². The summed E-state index contributed by atoms with van der Waals surface area (Å²) in [5.74, 6) is 0. The molecule has 2 unspecified atom stereocenters. The van der Waals surface area contributed by atoms with Crippen LogP contribution in [0.5, 0.6) is 0 Å². The molecule has 0 aliphatic carbocycles. The quantitative estimate of drug-likeness (QED) is 0.506. The van der Waals surface area contributed by atoms with Gasteiger partial charge in [-0.25, -0.2) is 0 Å². The predicted molar refractivity (Wildman–Crippen MR) is 49.1 cm³/mol. The summed E-state index contributed by atoms with van der Waals surface area (Å²) in [6.07, 6.45) is 6.67. The third-order valence-corrected chi connectivity index (χ3v) is 3.10. The van der Waals surface area contributed by atoms with Crippen LogP contribution in [0.15, 0.2) is 12.2 Å². The fourth-order valence-electron chi connectivity index (χ4n) is 2.27. The molecular weight excluding hydrogens is 150 g/mol. The van der Waals surface area contributed by atoms with Gasteiger partial charge in [0.15, 0.2) is 0 Å². The first-order valence-corrected chi connectivity index (χ1v) is 4.71. The van der Waals surface area contributed by atoms with Gasteiger partial charge in [0.2, 0.25) is 0 Å². The Kier molecular flexibility index (Phi) is 1.97. The Morgan fingerprint density at radius 3 is 2.83 bits per heavy atom. The lowest BCUT2D eigenvalue weighted by Gasteiger charge is -2.30. The zero-order chi connectivity index (χ0) is 8.60. The van der Waals surface area contributed by atoms with Crippen LogP contribution in [-0.4, -0.2) is 36.7 Å². The van der Waals surface area contributed by atoms with Gasteiger partial charge in [0.05, 0.1) is 12.2 Å². The number of ether oxygens (including phenoxy) is 1. The summed E-state index contributed by atoms with van der Waals surface area (Å²) in [6, 6.07) is 0.677. The smallest absolute Gasteiger partial charge is 0.0862 e. The Balaban J connectivity index is 2.08. The lowest BCUT2D eigenvalue weighted by atomic mass is 9.95. The molecule has 0 N–H and O–H groups in total. The predicted octanol–water partition coefficient (Wildman–Crippen LogP) is 1.43. The van der Waals surface area contributed by atoms with Crippen molar-refractivity contribution in [3.63, 3.8) is 0 Å². The van der Waals surface area contributed by atoms with E-state index >= 15 is 0 Å². The molecule has 0 aromatic rings. The summed E-state index contributed by atoms with van der Waals surface area (Å²) < 4.78 is 5.84. The summed E-state index contributed by atoms with van der Waals surface area (Å²) in [5.41, 5.74) is 0.156. The number of hydrogen-bond donors (Lipinski definition) is 0. The third kappa shape index (κ3) is 1.29. The summed E-state index contributed by atoms with van der Waals surface area (Å²) in [6.45, 7) is 4.18. The molecule has 2 rings (SSSR count). The molecule has 12 heavy (non-hydrogen) atoms. The van der Waals surface area contributed by atoms with Crippen molar-refractivity contribution in [3.05, 3.63) is 12.2 Å². The van der Waals surface area contributed by atoms with Crippen molar-refractivity contribution in [2.45, 2.75) is 31.4 Å². The van der Waals surface area contributed by atoms with E-state index in [1.807, 2.05) is 0 Å². The topological polar surface area (TPSA) is 12.5 Å². The standard InChI is InChI=1S/C10H17NO/c1-9-7-10(8-11(9)2)5-3-4-6-12-10/h3-4,9H,5-8H2,1-2H3. The maximum absolute atomic E-state index is 5.84. The molecule has 2 heteroatoms. The maximum Gasteiger partial charge on any atom is 0.0862 e. The molecule has 0 saturated carbocycles. The van der Waals surface area contributed by atoms with Gasteiger partial charge in [-0.05, 0) is 26.8 Å². The molecule has 0 aromatic carbocycles.